The molecule has 0 aliphatic rings. The summed E-state index contributed by atoms with van der Waals surface area (Å²) in [5, 5.41) is 5.70. The smallest absolute Gasteiger partial charge is 0.129 e. The molecule has 1 aromatic rings. The Balaban J connectivity index is 2.25. The molecule has 0 saturated carbocycles. The minimum atomic E-state index is 0.504. The van der Waals surface area contributed by atoms with Crippen molar-refractivity contribution in [3.05, 3.63) is 16.3 Å². The topological polar surface area (TPSA) is 21.3 Å². The minimum Gasteiger partial charge on any atom is -0.496 e. The Hall–Kier alpha value is -0.540. The van der Waals surface area contributed by atoms with Crippen LogP contribution in [-0.4, -0.2) is 13.7 Å². The van der Waals surface area contributed by atoms with Crippen molar-refractivity contribution >= 4 is 11.3 Å². The Morgan fingerprint density at radius 1 is 1.10 bits per heavy atom. The van der Waals surface area contributed by atoms with Gasteiger partial charge < -0.3 is 10.1 Å². The second-order valence-corrected chi connectivity index (χ2v) is 6.35. The second kappa shape index (κ2) is 11.2. The number of ether oxygens (including phenoxy) is 1. The molecule has 1 unspecified atom stereocenters. The number of nitrogens with one attached hydrogen (secondary N) is 1. The van der Waals surface area contributed by atoms with E-state index in [2.05, 4.69) is 30.6 Å². The van der Waals surface area contributed by atoms with Crippen molar-refractivity contribution in [2.24, 2.45) is 0 Å². The molecule has 0 aromatic carbocycles. The maximum absolute atomic E-state index is 5.29. The largest absolute Gasteiger partial charge is 0.496 e. The average Bonchev–Trinajstić information content (AvgIpc) is 2.94. The molecule has 0 amide bonds. The van der Waals surface area contributed by atoms with Crippen LogP contribution in [0.4, 0.5) is 0 Å². The lowest BCUT2D eigenvalue weighted by molar-refractivity contribution is 0.415. The zero-order valence-corrected chi connectivity index (χ0v) is 14.2. The van der Waals surface area contributed by atoms with E-state index in [4.69, 9.17) is 4.74 Å². The van der Waals surface area contributed by atoms with Crippen molar-refractivity contribution in [2.75, 3.05) is 13.7 Å². The van der Waals surface area contributed by atoms with Crippen LogP contribution >= 0.6 is 11.3 Å². The van der Waals surface area contributed by atoms with Crippen molar-refractivity contribution in [2.45, 2.75) is 71.3 Å². The highest BCUT2D eigenvalue weighted by molar-refractivity contribution is 7.10. The maximum atomic E-state index is 5.29. The second-order valence-electron chi connectivity index (χ2n) is 5.41. The van der Waals surface area contributed by atoms with Crippen molar-refractivity contribution in [3.8, 4) is 5.75 Å². The first-order chi connectivity index (χ1) is 9.81. The van der Waals surface area contributed by atoms with Crippen LogP contribution in [0.3, 0.4) is 0 Å². The first-order valence-corrected chi connectivity index (χ1v) is 9.05. The molecule has 1 atom stereocenters. The van der Waals surface area contributed by atoms with Gasteiger partial charge >= 0.3 is 0 Å². The molecule has 1 aromatic heterocycles. The van der Waals surface area contributed by atoms with Crippen LogP contribution in [0.15, 0.2) is 11.4 Å². The van der Waals surface area contributed by atoms with Crippen LogP contribution in [-0.2, 0) is 0 Å². The normalized spacial score (nSPS) is 12.6. The number of unbranched alkanes of at least 4 members (excludes halogenated alkanes) is 6. The fourth-order valence-corrected chi connectivity index (χ4v) is 3.49. The first-order valence-electron chi connectivity index (χ1n) is 8.17. The van der Waals surface area contributed by atoms with Gasteiger partial charge in [0.2, 0.25) is 0 Å². The van der Waals surface area contributed by atoms with Crippen molar-refractivity contribution in [1.29, 1.82) is 0 Å². The Bertz CT molecular complexity index is 337. The van der Waals surface area contributed by atoms with Gasteiger partial charge in [-0.05, 0) is 19.0 Å². The fraction of sp³-hybridized carbons (Fsp3) is 0.765. The van der Waals surface area contributed by atoms with Gasteiger partial charge in [-0.25, -0.2) is 0 Å². The molecule has 0 radical (unpaired) electrons. The lowest BCUT2D eigenvalue weighted by Gasteiger charge is -2.16. The van der Waals surface area contributed by atoms with E-state index in [1.807, 2.05) is 11.3 Å². The Labute approximate surface area is 128 Å². The molecule has 0 fully saturated rings. The molecule has 0 saturated heterocycles. The molecule has 0 bridgehead atoms. The lowest BCUT2D eigenvalue weighted by Crippen LogP contribution is -2.19. The third-order valence-corrected chi connectivity index (χ3v) is 4.75. The SMILES string of the molecule is CCCCCCCCCC(NCC)c1cc(OC)cs1. The Kier molecular flexibility index (Phi) is 9.77. The quantitative estimate of drug-likeness (QED) is 0.511. The lowest BCUT2D eigenvalue weighted by atomic mass is 10.0. The third kappa shape index (κ3) is 6.76. The van der Waals surface area contributed by atoms with Crippen LogP contribution in [0.5, 0.6) is 5.75 Å². The van der Waals surface area contributed by atoms with Crippen LogP contribution < -0.4 is 10.1 Å². The summed E-state index contributed by atoms with van der Waals surface area (Å²) in [4.78, 5) is 1.41. The van der Waals surface area contributed by atoms with Crippen LogP contribution in [0.25, 0.3) is 0 Å². The zero-order valence-electron chi connectivity index (χ0n) is 13.4. The first kappa shape index (κ1) is 17.5. The van der Waals surface area contributed by atoms with Gasteiger partial charge in [0.1, 0.15) is 5.75 Å². The summed E-state index contributed by atoms with van der Waals surface area (Å²) in [7, 11) is 1.74. The minimum absolute atomic E-state index is 0.504. The summed E-state index contributed by atoms with van der Waals surface area (Å²) < 4.78 is 5.29. The maximum Gasteiger partial charge on any atom is 0.129 e. The highest BCUT2D eigenvalue weighted by Crippen LogP contribution is 2.30. The van der Waals surface area contributed by atoms with Crippen molar-refractivity contribution < 1.29 is 4.74 Å². The van der Waals surface area contributed by atoms with E-state index < -0.39 is 0 Å². The molecule has 1 heterocycles. The molecule has 0 aliphatic carbocycles. The molecule has 0 aliphatic heterocycles. The standard InChI is InChI=1S/C17H31NOS/c1-4-6-7-8-9-10-11-12-16(18-5-2)17-13-15(19-3)14-20-17/h13-14,16,18H,4-12H2,1-3H3. The number of hydrogen-bond donors (Lipinski definition) is 1. The van der Waals surface area contributed by atoms with Crippen molar-refractivity contribution in [1.82, 2.24) is 5.32 Å². The van der Waals surface area contributed by atoms with Gasteiger partial charge in [0.15, 0.2) is 0 Å². The molecule has 1 N–H and O–H groups in total. The average molecular weight is 298 g/mol. The van der Waals surface area contributed by atoms with Crippen LogP contribution in [0.1, 0.15) is 76.1 Å². The molecule has 2 nitrogen and oxygen atoms in total. The summed E-state index contributed by atoms with van der Waals surface area (Å²) >= 11 is 1.81. The predicted molar refractivity (Wildman–Crippen MR) is 89.9 cm³/mol. The van der Waals surface area contributed by atoms with Gasteiger partial charge in [-0.3, -0.25) is 0 Å². The van der Waals surface area contributed by atoms with Gasteiger partial charge in [0, 0.05) is 16.3 Å². The van der Waals surface area contributed by atoms with E-state index in [-0.39, 0.29) is 0 Å². The highest BCUT2D eigenvalue weighted by atomic mass is 32.1. The van der Waals surface area contributed by atoms with Gasteiger partial charge in [0.05, 0.1) is 7.11 Å². The van der Waals surface area contributed by atoms with E-state index >= 15 is 0 Å². The summed E-state index contributed by atoms with van der Waals surface area (Å²) in [6.45, 7) is 5.49. The molecule has 116 valence electrons. The summed E-state index contributed by atoms with van der Waals surface area (Å²) in [5.41, 5.74) is 0. The number of hydrogen-bond acceptors (Lipinski definition) is 3. The molecule has 0 spiro atoms. The number of thiophene rings is 1. The molecule has 3 heteroatoms. The summed E-state index contributed by atoms with van der Waals surface area (Å²) in [6, 6.07) is 2.68. The van der Waals surface area contributed by atoms with Gasteiger partial charge in [-0.15, -0.1) is 11.3 Å². The van der Waals surface area contributed by atoms with Crippen molar-refractivity contribution in [3.63, 3.8) is 0 Å². The summed E-state index contributed by atoms with van der Waals surface area (Å²) in [5.74, 6) is 0.993. The Morgan fingerprint density at radius 2 is 1.80 bits per heavy atom. The fourth-order valence-electron chi connectivity index (χ4n) is 2.52. The van der Waals surface area contributed by atoms with Gasteiger partial charge in [0.25, 0.3) is 0 Å². The van der Waals surface area contributed by atoms with Gasteiger partial charge in [-0.2, -0.15) is 0 Å². The molecule has 1 rings (SSSR count). The highest BCUT2D eigenvalue weighted by Gasteiger charge is 2.12. The number of methoxy groups -OCH3 is 1. The molecule has 20 heavy (non-hydrogen) atoms. The van der Waals surface area contributed by atoms with Crippen LogP contribution in [0, 0.1) is 0 Å². The van der Waals surface area contributed by atoms with E-state index in [1.165, 1.54) is 56.2 Å². The number of rotatable bonds is 12. The van der Waals surface area contributed by atoms with E-state index in [9.17, 15) is 0 Å². The van der Waals surface area contributed by atoms with E-state index in [0.29, 0.717) is 6.04 Å². The van der Waals surface area contributed by atoms with Gasteiger partial charge in [-0.1, -0.05) is 58.8 Å². The predicted octanol–water partition coefficient (Wildman–Crippen LogP) is 5.55. The van der Waals surface area contributed by atoms with E-state index in [0.717, 1.165) is 12.3 Å². The third-order valence-electron chi connectivity index (χ3n) is 3.72. The van der Waals surface area contributed by atoms with E-state index in [1.54, 1.807) is 7.11 Å². The van der Waals surface area contributed by atoms with Crippen LogP contribution in [0.2, 0.25) is 0 Å². The molecular formula is C17H31NOS. The monoisotopic (exact) mass is 297 g/mol. The summed E-state index contributed by atoms with van der Waals surface area (Å²) in [6.07, 6.45) is 10.9. The zero-order chi connectivity index (χ0) is 14.6. The Morgan fingerprint density at radius 3 is 2.40 bits per heavy atom. The molecular weight excluding hydrogens is 266 g/mol.